The van der Waals surface area contributed by atoms with Crippen molar-refractivity contribution in [1.82, 2.24) is 5.32 Å². The fraction of sp³-hybridized carbons (Fsp3) is 0.529. The molecule has 114 valence electrons. The van der Waals surface area contributed by atoms with Gasteiger partial charge in [0.05, 0.1) is 0 Å². The highest BCUT2D eigenvalue weighted by atomic mass is 16.5. The van der Waals surface area contributed by atoms with Crippen LogP contribution in [0.3, 0.4) is 0 Å². The van der Waals surface area contributed by atoms with Gasteiger partial charge in [-0.25, -0.2) is 0 Å². The molecule has 0 bridgehead atoms. The van der Waals surface area contributed by atoms with Crippen molar-refractivity contribution in [3.8, 4) is 5.75 Å². The third-order valence-corrected chi connectivity index (χ3v) is 3.83. The zero-order valence-electron chi connectivity index (χ0n) is 12.6. The van der Waals surface area contributed by atoms with Crippen LogP contribution in [0.1, 0.15) is 62.2 Å². The molecule has 1 amide bonds. The molecule has 1 fully saturated rings. The molecule has 1 saturated carbocycles. The van der Waals surface area contributed by atoms with Gasteiger partial charge < -0.3 is 10.1 Å². The van der Waals surface area contributed by atoms with Crippen LogP contribution in [-0.4, -0.2) is 17.9 Å². The van der Waals surface area contributed by atoms with Gasteiger partial charge in [-0.05, 0) is 37.1 Å². The van der Waals surface area contributed by atoms with E-state index in [2.05, 4.69) is 5.32 Å². The molecular formula is C17H23NO3. The molecule has 4 heteroatoms. The molecule has 1 aromatic carbocycles. The normalized spacial score (nSPS) is 16.0. The van der Waals surface area contributed by atoms with Crippen LogP contribution in [0.4, 0.5) is 0 Å². The number of hydrogen-bond acceptors (Lipinski definition) is 3. The molecule has 1 aliphatic rings. The number of amides is 1. The van der Waals surface area contributed by atoms with E-state index in [1.807, 2.05) is 0 Å². The number of carbonyl (C=O) groups excluding carboxylic acids is 2. The number of ether oxygens (including phenoxy) is 1. The molecule has 21 heavy (non-hydrogen) atoms. The van der Waals surface area contributed by atoms with E-state index >= 15 is 0 Å². The maximum absolute atomic E-state index is 12.2. The highest BCUT2D eigenvalue weighted by molar-refractivity contribution is 5.94. The van der Waals surface area contributed by atoms with E-state index < -0.39 is 0 Å². The number of carbonyl (C=O) groups is 2. The number of benzene rings is 1. The van der Waals surface area contributed by atoms with Crippen molar-refractivity contribution in [2.75, 3.05) is 0 Å². The largest absolute Gasteiger partial charge is 0.427 e. The second-order valence-electron chi connectivity index (χ2n) is 5.51. The van der Waals surface area contributed by atoms with Gasteiger partial charge in [-0.1, -0.05) is 32.6 Å². The van der Waals surface area contributed by atoms with E-state index in [0.29, 0.717) is 17.7 Å². The summed E-state index contributed by atoms with van der Waals surface area (Å²) in [6.07, 6.45) is 7.39. The number of nitrogens with one attached hydrogen (secondary N) is 1. The lowest BCUT2D eigenvalue weighted by molar-refractivity contribution is -0.134. The minimum atomic E-state index is -0.273. The first-order valence-electron chi connectivity index (χ1n) is 7.80. The quantitative estimate of drug-likeness (QED) is 0.524. The summed E-state index contributed by atoms with van der Waals surface area (Å²) in [5.74, 6) is 0.161. The lowest BCUT2D eigenvalue weighted by Crippen LogP contribution is -2.34. The summed E-state index contributed by atoms with van der Waals surface area (Å²) in [7, 11) is 0. The Morgan fingerprint density at radius 1 is 1.10 bits per heavy atom. The maximum Gasteiger partial charge on any atom is 0.310 e. The van der Waals surface area contributed by atoms with Crippen LogP contribution >= 0.6 is 0 Å². The van der Waals surface area contributed by atoms with Crippen molar-refractivity contribution in [3.05, 3.63) is 29.8 Å². The Morgan fingerprint density at radius 3 is 2.29 bits per heavy atom. The van der Waals surface area contributed by atoms with E-state index in [0.717, 1.165) is 12.8 Å². The highest BCUT2D eigenvalue weighted by Crippen LogP contribution is 2.18. The zero-order valence-corrected chi connectivity index (χ0v) is 12.6. The summed E-state index contributed by atoms with van der Waals surface area (Å²) in [5, 5.41) is 3.10. The van der Waals surface area contributed by atoms with Crippen molar-refractivity contribution in [2.24, 2.45) is 0 Å². The van der Waals surface area contributed by atoms with Crippen LogP contribution in [0, 0.1) is 0 Å². The summed E-state index contributed by atoms with van der Waals surface area (Å²) >= 11 is 0. The third-order valence-electron chi connectivity index (χ3n) is 3.83. The minimum absolute atomic E-state index is 0.0460. The van der Waals surface area contributed by atoms with Crippen molar-refractivity contribution in [3.63, 3.8) is 0 Å². The van der Waals surface area contributed by atoms with E-state index in [1.165, 1.54) is 25.7 Å². The van der Waals surface area contributed by atoms with Crippen LogP contribution < -0.4 is 10.1 Å². The molecule has 4 nitrogen and oxygen atoms in total. The van der Waals surface area contributed by atoms with Gasteiger partial charge >= 0.3 is 5.97 Å². The summed E-state index contributed by atoms with van der Waals surface area (Å²) < 4.78 is 5.09. The molecule has 0 radical (unpaired) electrons. The third kappa shape index (κ3) is 4.88. The average Bonchev–Trinajstić information content (AvgIpc) is 2.76. The fourth-order valence-corrected chi connectivity index (χ4v) is 2.57. The first kappa shape index (κ1) is 15.5. The molecule has 0 spiro atoms. The van der Waals surface area contributed by atoms with Crippen LogP contribution in [-0.2, 0) is 4.79 Å². The molecular weight excluding hydrogens is 266 g/mol. The standard InChI is InChI=1S/C17H23NO3/c1-2-16(19)21-15-11-9-13(10-12-15)17(20)18-14-7-5-3-4-6-8-14/h9-12,14H,2-8H2,1H3,(H,18,20). The second-order valence-corrected chi connectivity index (χ2v) is 5.51. The van der Waals surface area contributed by atoms with Crippen LogP contribution in [0.5, 0.6) is 5.75 Å². The van der Waals surface area contributed by atoms with Gasteiger partial charge in [0.1, 0.15) is 5.75 Å². The Balaban J connectivity index is 1.91. The maximum atomic E-state index is 12.2. The Labute approximate surface area is 125 Å². The molecule has 2 rings (SSSR count). The topological polar surface area (TPSA) is 55.4 Å². The van der Waals surface area contributed by atoms with Crippen molar-refractivity contribution >= 4 is 11.9 Å². The lowest BCUT2D eigenvalue weighted by atomic mass is 10.1. The van der Waals surface area contributed by atoms with Gasteiger partial charge in [0.15, 0.2) is 0 Å². The molecule has 1 aromatic rings. The predicted molar refractivity (Wildman–Crippen MR) is 81.3 cm³/mol. The molecule has 0 saturated heterocycles. The van der Waals surface area contributed by atoms with E-state index in [9.17, 15) is 9.59 Å². The monoisotopic (exact) mass is 289 g/mol. The van der Waals surface area contributed by atoms with Crippen LogP contribution in [0.15, 0.2) is 24.3 Å². The first-order valence-corrected chi connectivity index (χ1v) is 7.80. The summed E-state index contributed by atoms with van der Waals surface area (Å²) in [6, 6.07) is 7.01. The molecule has 0 aliphatic heterocycles. The van der Waals surface area contributed by atoms with Gasteiger partial charge in [-0.15, -0.1) is 0 Å². The summed E-state index contributed by atoms with van der Waals surface area (Å²) in [4.78, 5) is 23.4. The Bertz CT molecular complexity index is 473. The van der Waals surface area contributed by atoms with E-state index in [1.54, 1.807) is 31.2 Å². The van der Waals surface area contributed by atoms with Crippen LogP contribution in [0.25, 0.3) is 0 Å². The van der Waals surface area contributed by atoms with Crippen molar-refractivity contribution in [2.45, 2.75) is 57.9 Å². The highest BCUT2D eigenvalue weighted by Gasteiger charge is 2.15. The number of rotatable bonds is 4. The van der Waals surface area contributed by atoms with Gasteiger partial charge in [-0.2, -0.15) is 0 Å². The number of hydrogen-bond donors (Lipinski definition) is 1. The molecule has 1 aliphatic carbocycles. The van der Waals surface area contributed by atoms with Crippen molar-refractivity contribution in [1.29, 1.82) is 0 Å². The Hall–Kier alpha value is -1.84. The molecule has 0 heterocycles. The number of esters is 1. The summed E-state index contributed by atoms with van der Waals surface area (Å²) in [6.45, 7) is 1.75. The average molecular weight is 289 g/mol. The first-order chi connectivity index (χ1) is 10.2. The van der Waals surface area contributed by atoms with Crippen molar-refractivity contribution < 1.29 is 14.3 Å². The summed E-state index contributed by atoms with van der Waals surface area (Å²) in [5.41, 5.74) is 0.607. The molecule has 0 aromatic heterocycles. The van der Waals surface area contributed by atoms with E-state index in [-0.39, 0.29) is 17.9 Å². The van der Waals surface area contributed by atoms with Crippen LogP contribution in [0.2, 0.25) is 0 Å². The van der Waals surface area contributed by atoms with Gasteiger partial charge in [0.25, 0.3) is 5.91 Å². The SMILES string of the molecule is CCC(=O)Oc1ccc(C(=O)NC2CCCCCC2)cc1. The lowest BCUT2D eigenvalue weighted by Gasteiger charge is -2.16. The zero-order chi connectivity index (χ0) is 15.1. The van der Waals surface area contributed by atoms with E-state index in [4.69, 9.17) is 4.74 Å². The minimum Gasteiger partial charge on any atom is -0.427 e. The molecule has 0 unspecified atom stereocenters. The predicted octanol–water partition coefficient (Wildman–Crippen LogP) is 3.45. The fourth-order valence-electron chi connectivity index (χ4n) is 2.57. The Kier molecular flexibility index (Phi) is 5.78. The second kappa shape index (κ2) is 7.81. The van der Waals surface area contributed by atoms with Gasteiger partial charge in [0.2, 0.25) is 0 Å². The van der Waals surface area contributed by atoms with Gasteiger partial charge in [-0.3, -0.25) is 9.59 Å². The molecule has 1 N–H and O–H groups in total. The smallest absolute Gasteiger partial charge is 0.310 e. The van der Waals surface area contributed by atoms with Gasteiger partial charge in [0, 0.05) is 18.0 Å². The molecule has 0 atom stereocenters. The Morgan fingerprint density at radius 2 is 1.71 bits per heavy atom.